The van der Waals surface area contributed by atoms with E-state index in [4.69, 9.17) is 0 Å². The molecule has 352 valence electrons. The topological polar surface area (TPSA) is 0 Å². The van der Waals surface area contributed by atoms with Gasteiger partial charge >= 0.3 is 0 Å². The molecule has 5 heteroatoms. The number of hydrogen-bond acceptors (Lipinski definition) is 0. The van der Waals surface area contributed by atoms with Gasteiger partial charge in [-0.3, -0.25) is 23.3 Å². The van der Waals surface area contributed by atoms with Gasteiger partial charge in [0.2, 0.25) is 0 Å². The van der Waals surface area contributed by atoms with Crippen LogP contribution < -0.4 is 0 Å². The fourth-order valence-corrected chi connectivity index (χ4v) is 50.1. The predicted molar refractivity (Wildman–Crippen MR) is 296 cm³/mol. The van der Waals surface area contributed by atoms with E-state index in [1.165, 1.54) is 0 Å². The quantitative estimate of drug-likeness (QED) is 0.168. The van der Waals surface area contributed by atoms with Gasteiger partial charge in [-0.2, -0.15) is 22.2 Å². The molecule has 0 aromatic heterocycles. The zero-order valence-corrected chi connectivity index (χ0v) is 52.6. The molecule has 0 bridgehead atoms. The molecule has 0 fully saturated rings. The van der Waals surface area contributed by atoms with Gasteiger partial charge in [0.25, 0.3) is 6.15 Å². The zero-order valence-electron chi connectivity index (χ0n) is 48.6. The Kier molecular flexibility index (Phi) is 16.6. The van der Waals surface area contributed by atoms with Crippen molar-refractivity contribution in [3.8, 4) is 45.5 Å². The summed E-state index contributed by atoms with van der Waals surface area (Å²) in [6, 6.07) is 0. The molecule has 0 aromatic rings. The number of hydrogen-bond donors (Lipinski definition) is 0. The van der Waals surface area contributed by atoms with Crippen molar-refractivity contribution in [3.63, 3.8) is 0 Å². The summed E-state index contributed by atoms with van der Waals surface area (Å²) in [5.74, 6) is 17.2. The summed E-state index contributed by atoms with van der Waals surface area (Å²) in [6.07, 6.45) is -2.21. The fourth-order valence-electron chi connectivity index (χ4n) is 16.8. The van der Waals surface area contributed by atoms with E-state index >= 15 is 0 Å². The molecule has 0 amide bonds. The Morgan fingerprint density at radius 3 is 0.328 bits per heavy atom. The normalized spacial score (nSPS) is 15.7. The maximum atomic E-state index is 4.41. The molecule has 0 rings (SSSR count). The minimum absolute atomic E-state index is 0.0190. The Morgan fingerprint density at radius 2 is 0.262 bits per heavy atom. The van der Waals surface area contributed by atoms with Gasteiger partial charge in [-0.05, 0) is 60.5 Å². The molecule has 0 saturated heterocycles. The lowest BCUT2D eigenvalue weighted by Gasteiger charge is -2.57. The monoisotopic (exact) mass is 904 g/mol. The van der Waals surface area contributed by atoms with Crippen LogP contribution in [0.2, 0.25) is 60.5 Å². The summed E-state index contributed by atoms with van der Waals surface area (Å²) in [7, 11) is -10.3. The van der Waals surface area contributed by atoms with Crippen LogP contribution >= 0.6 is 0 Å². The molecule has 0 heterocycles. The highest BCUT2D eigenvalue weighted by atomic mass is 28.3. The Morgan fingerprint density at radius 1 is 0.180 bits per heavy atom. The summed E-state index contributed by atoms with van der Waals surface area (Å²) >= 11 is 0. The first-order chi connectivity index (χ1) is 25.8. The van der Waals surface area contributed by atoms with Crippen LogP contribution in [0.5, 0.6) is 0 Å². The highest BCUT2D eigenvalue weighted by Gasteiger charge is 2.63. The smallest absolute Gasteiger partial charge is 0.268 e. The molecule has 0 aliphatic heterocycles. The maximum Gasteiger partial charge on any atom is 0.268 e. The van der Waals surface area contributed by atoms with Crippen molar-refractivity contribution >= 4 is 38.4 Å². The molecule has 0 nitrogen and oxygen atoms in total. The molecule has 0 N–H and O–H groups in total. The molecule has 0 saturated carbocycles. The molecular weight excluding hydrogens is 796 g/mol. The highest BCUT2D eigenvalue weighted by molar-refractivity contribution is 7.11. The van der Waals surface area contributed by atoms with Crippen LogP contribution in [0, 0.1) is 45.5 Å². The minimum Gasteiger partial charge on any atom is -0.277 e. The van der Waals surface area contributed by atoms with E-state index < -0.39 is 38.4 Å². The van der Waals surface area contributed by atoms with Crippen molar-refractivity contribution in [1.29, 1.82) is 0 Å². The van der Waals surface area contributed by atoms with Crippen molar-refractivity contribution in [2.24, 2.45) is 0 Å². The predicted octanol–water partition coefficient (Wildman–Crippen LogP) is 19.2. The van der Waals surface area contributed by atoms with Gasteiger partial charge in [-0.15, -0.1) is 0 Å². The Labute approximate surface area is 391 Å². The second-order valence-corrected chi connectivity index (χ2v) is 56.9. The Balaban J connectivity index is 10.9. The van der Waals surface area contributed by atoms with Gasteiger partial charge in [-0.1, -0.05) is 249 Å². The van der Waals surface area contributed by atoms with Crippen LogP contribution in [0.25, 0.3) is 0 Å². The van der Waals surface area contributed by atoms with Crippen LogP contribution in [0.4, 0.5) is 0 Å². The molecular formula is C56H108BSi4-. The molecule has 0 aromatic carbocycles. The summed E-state index contributed by atoms with van der Waals surface area (Å²) in [6.45, 7) is 88.7. The van der Waals surface area contributed by atoms with E-state index in [0.717, 1.165) is 0 Å². The van der Waals surface area contributed by atoms with Crippen LogP contribution in [0.1, 0.15) is 249 Å². The second-order valence-electron chi connectivity index (χ2n) is 31.9. The Bertz CT molecular complexity index is 1390. The van der Waals surface area contributed by atoms with E-state index in [2.05, 4.69) is 295 Å². The average molecular weight is 905 g/mol. The summed E-state index contributed by atoms with van der Waals surface area (Å²) < 4.78 is 0. The first-order valence-electron chi connectivity index (χ1n) is 24.2. The first kappa shape index (κ1) is 60.2. The third kappa shape index (κ3) is 10.6. The van der Waals surface area contributed by atoms with E-state index in [0.29, 0.717) is 0 Å². The van der Waals surface area contributed by atoms with Gasteiger partial charge in [0.15, 0.2) is 0 Å². The van der Waals surface area contributed by atoms with Crippen LogP contribution in [-0.2, 0) is 0 Å². The SMILES string of the molecule is CC(C)(C)[Si](C#C[B-](C#C[Si](C(C)(C)C)(C(C)(C)C)C(C)(C)C)(C#C[Si](C(C)(C)C)(C(C)(C)C)C(C)(C)C)C#C[Si](C(C)(C)C)(C(C)(C)C)C(C)(C)C)(C(C)(C)C)C(C)(C)C. The van der Waals surface area contributed by atoms with Gasteiger partial charge in [0.05, 0.1) is 0 Å². The molecule has 0 spiro atoms. The van der Waals surface area contributed by atoms with Gasteiger partial charge in [0, 0.05) is 0 Å². The van der Waals surface area contributed by atoms with Crippen molar-refractivity contribution in [2.45, 2.75) is 310 Å². The van der Waals surface area contributed by atoms with Crippen molar-refractivity contribution in [2.75, 3.05) is 0 Å². The van der Waals surface area contributed by atoms with Gasteiger partial charge in [-0.25, -0.2) is 0 Å². The van der Waals surface area contributed by atoms with Crippen molar-refractivity contribution < 1.29 is 0 Å². The zero-order chi connectivity index (χ0) is 50.2. The fraction of sp³-hybridized carbons (Fsp3) is 0.857. The molecule has 0 aliphatic rings. The lowest BCUT2D eigenvalue weighted by Crippen LogP contribution is -2.59. The molecule has 0 radical (unpaired) electrons. The third-order valence-corrected chi connectivity index (χ3v) is 44.5. The van der Waals surface area contributed by atoms with Gasteiger partial charge in [0.1, 0.15) is 32.3 Å². The molecule has 0 aliphatic carbocycles. The first-order valence-corrected chi connectivity index (χ1v) is 32.2. The second kappa shape index (κ2) is 16.8. The van der Waals surface area contributed by atoms with E-state index in [-0.39, 0.29) is 60.5 Å². The summed E-state index contributed by atoms with van der Waals surface area (Å²) in [5.41, 5.74) is 17.6. The Hall–Kier alpha value is -0.828. The average Bonchev–Trinajstić information content (AvgIpc) is 2.84. The highest BCUT2D eigenvalue weighted by Crippen LogP contribution is 2.65. The van der Waals surface area contributed by atoms with Crippen LogP contribution in [0.3, 0.4) is 0 Å². The van der Waals surface area contributed by atoms with Crippen LogP contribution in [0.15, 0.2) is 0 Å². The van der Waals surface area contributed by atoms with Crippen LogP contribution in [-0.4, -0.2) is 38.4 Å². The van der Waals surface area contributed by atoms with E-state index in [9.17, 15) is 0 Å². The standard InChI is InChI=1S/C56H108BSi4/c1-45(2,3)58(46(4,5)6,47(7,8)9)41-37-57(38-42-59(48(10,11)12,49(13,14)15)50(16,17)18,39-43-60(51(19,20)21,52(22,23)24)53(25,26)27)40-44-61(54(28,29)30,55(31,32)33)56(34,35)36/h1-36H3/q-1. The van der Waals surface area contributed by atoms with E-state index in [1.807, 2.05) is 0 Å². The minimum atomic E-state index is -2.58. The molecule has 0 unspecified atom stereocenters. The summed E-state index contributed by atoms with van der Waals surface area (Å²) in [5, 5.41) is -0.228. The largest absolute Gasteiger partial charge is 0.277 e. The maximum absolute atomic E-state index is 4.41. The molecule has 0 atom stereocenters. The summed E-state index contributed by atoms with van der Waals surface area (Å²) in [4.78, 5) is 0. The van der Waals surface area contributed by atoms with Crippen molar-refractivity contribution in [3.05, 3.63) is 0 Å². The molecule has 61 heavy (non-hydrogen) atoms. The lowest BCUT2D eigenvalue weighted by molar-refractivity contribution is 0.548. The van der Waals surface area contributed by atoms with Crippen molar-refractivity contribution in [1.82, 2.24) is 0 Å². The van der Waals surface area contributed by atoms with Gasteiger partial charge < -0.3 is 0 Å². The third-order valence-electron chi connectivity index (χ3n) is 15.4. The number of rotatable bonds is 0. The lowest BCUT2D eigenvalue weighted by atomic mass is 9.28. The van der Waals surface area contributed by atoms with E-state index in [1.54, 1.807) is 0 Å².